The summed E-state index contributed by atoms with van der Waals surface area (Å²) in [6.45, 7) is 0. The number of carbonyl (C=O) groups excluding carboxylic acids is 1. The van der Waals surface area contributed by atoms with Crippen LogP contribution >= 0.6 is 47.8 Å². The number of halogens is 3. The van der Waals surface area contributed by atoms with Crippen molar-refractivity contribution >= 4 is 54.1 Å². The first kappa shape index (κ1) is 14.7. The van der Waals surface area contributed by atoms with E-state index in [9.17, 15) is 4.79 Å². The molecule has 19 heavy (non-hydrogen) atoms. The summed E-state index contributed by atoms with van der Waals surface area (Å²) < 4.78 is 7.73. The second-order valence-corrected chi connectivity index (χ2v) is 6.23. The molecule has 0 radical (unpaired) electrons. The molecular weight excluding hydrogens is 442 g/mol. The van der Waals surface area contributed by atoms with Crippen LogP contribution in [-0.2, 0) is 0 Å². The zero-order valence-electron chi connectivity index (χ0n) is 9.78. The summed E-state index contributed by atoms with van der Waals surface area (Å²) >= 11 is 10.4. The van der Waals surface area contributed by atoms with Gasteiger partial charge >= 0.3 is 0 Å². The molecule has 0 unspecified atom stereocenters. The lowest BCUT2D eigenvalue weighted by atomic mass is 10.0. The number of methoxy groups -OCH3 is 1. The highest BCUT2D eigenvalue weighted by atomic mass is 79.9. The number of aldehydes is 1. The lowest BCUT2D eigenvalue weighted by molar-refractivity contribution is 0.112. The number of aromatic nitrogens is 1. The first-order valence-electron chi connectivity index (χ1n) is 5.20. The molecule has 0 bridgehead atoms. The molecule has 6 heteroatoms. The maximum absolute atomic E-state index is 11.2. The summed E-state index contributed by atoms with van der Waals surface area (Å²) in [6.07, 6.45) is 3.98. The fraction of sp³-hybridized carbons (Fsp3) is 0.0769. The third kappa shape index (κ3) is 2.90. The number of ether oxygens (including phenoxy) is 1. The van der Waals surface area contributed by atoms with E-state index in [1.165, 1.54) is 6.20 Å². The summed E-state index contributed by atoms with van der Waals surface area (Å²) in [5.74, 6) is 0.693. The van der Waals surface area contributed by atoms with Gasteiger partial charge in [-0.3, -0.25) is 9.78 Å². The molecule has 0 N–H and O–H groups in total. The molecule has 1 heterocycles. The van der Waals surface area contributed by atoms with E-state index in [-0.39, 0.29) is 0 Å². The van der Waals surface area contributed by atoms with E-state index in [4.69, 9.17) is 4.74 Å². The van der Waals surface area contributed by atoms with Gasteiger partial charge < -0.3 is 4.74 Å². The van der Waals surface area contributed by atoms with E-state index in [2.05, 4.69) is 52.8 Å². The molecule has 0 saturated heterocycles. The zero-order valence-corrected chi connectivity index (χ0v) is 14.5. The maximum atomic E-state index is 11.2. The summed E-state index contributed by atoms with van der Waals surface area (Å²) in [5, 5.41) is 0. The van der Waals surface area contributed by atoms with E-state index in [1.54, 1.807) is 13.3 Å². The topological polar surface area (TPSA) is 39.2 Å². The van der Waals surface area contributed by atoms with Crippen LogP contribution in [0, 0.1) is 0 Å². The Hall–Kier alpha value is -0.720. The van der Waals surface area contributed by atoms with Crippen molar-refractivity contribution in [2.75, 3.05) is 7.11 Å². The van der Waals surface area contributed by atoms with Crippen molar-refractivity contribution in [1.29, 1.82) is 0 Å². The van der Waals surface area contributed by atoms with Crippen molar-refractivity contribution in [2.45, 2.75) is 0 Å². The fourth-order valence-corrected chi connectivity index (χ4v) is 3.62. The molecule has 0 aliphatic carbocycles. The molecule has 0 amide bonds. The molecule has 0 aliphatic heterocycles. The average molecular weight is 450 g/mol. The third-order valence-corrected chi connectivity index (χ3v) is 4.44. The average Bonchev–Trinajstić information content (AvgIpc) is 2.39. The molecule has 0 fully saturated rings. The van der Waals surface area contributed by atoms with Gasteiger partial charge in [0.1, 0.15) is 5.75 Å². The predicted octanol–water partition coefficient (Wildman–Crippen LogP) is 4.86. The zero-order chi connectivity index (χ0) is 14.0. The Kier molecular flexibility index (Phi) is 4.76. The minimum Gasteiger partial charge on any atom is -0.496 e. The third-order valence-electron chi connectivity index (χ3n) is 2.57. The van der Waals surface area contributed by atoms with Crippen molar-refractivity contribution in [3.8, 4) is 16.9 Å². The number of pyridine rings is 1. The summed E-state index contributed by atoms with van der Waals surface area (Å²) in [5.41, 5.74) is 2.15. The van der Waals surface area contributed by atoms with Gasteiger partial charge in [0.05, 0.1) is 11.6 Å². The molecule has 98 valence electrons. The molecule has 1 aromatic carbocycles. The monoisotopic (exact) mass is 447 g/mol. The normalized spacial score (nSPS) is 10.3. The molecule has 3 nitrogen and oxygen atoms in total. The standard InChI is InChI=1S/C13H8Br3NO2/c1-19-12-2-8(9(14)3-10(12)15)13-7(6-18)4-17-5-11(13)16/h2-6H,1H3. The van der Waals surface area contributed by atoms with Crippen LogP contribution < -0.4 is 4.74 Å². The number of benzene rings is 1. The van der Waals surface area contributed by atoms with Gasteiger partial charge in [0.25, 0.3) is 0 Å². The predicted molar refractivity (Wildman–Crippen MR) is 84.7 cm³/mol. The quantitative estimate of drug-likeness (QED) is 0.628. The van der Waals surface area contributed by atoms with Crippen LogP contribution in [0.1, 0.15) is 10.4 Å². The number of hydrogen-bond acceptors (Lipinski definition) is 3. The number of nitrogens with zero attached hydrogens (tertiary/aromatic N) is 1. The lowest BCUT2D eigenvalue weighted by Gasteiger charge is -2.12. The largest absolute Gasteiger partial charge is 0.496 e. The Bertz CT molecular complexity index is 644. The highest BCUT2D eigenvalue weighted by Crippen LogP contribution is 2.40. The van der Waals surface area contributed by atoms with Gasteiger partial charge in [-0.05, 0) is 44.0 Å². The molecule has 0 saturated carbocycles. The molecule has 0 atom stereocenters. The summed E-state index contributed by atoms with van der Waals surface area (Å²) in [7, 11) is 1.60. The van der Waals surface area contributed by atoms with E-state index < -0.39 is 0 Å². The van der Waals surface area contributed by atoms with Crippen molar-refractivity contribution in [2.24, 2.45) is 0 Å². The maximum Gasteiger partial charge on any atom is 0.152 e. The minimum absolute atomic E-state index is 0.513. The number of hydrogen-bond donors (Lipinski definition) is 0. The second kappa shape index (κ2) is 6.15. The smallest absolute Gasteiger partial charge is 0.152 e. The summed E-state index contributed by atoms with van der Waals surface area (Å²) in [6, 6.07) is 3.75. The van der Waals surface area contributed by atoms with Crippen molar-refractivity contribution in [1.82, 2.24) is 4.98 Å². The molecular formula is C13H8Br3NO2. The van der Waals surface area contributed by atoms with Crippen LogP contribution in [0.2, 0.25) is 0 Å². The van der Waals surface area contributed by atoms with Crippen LogP contribution in [0.5, 0.6) is 5.75 Å². The minimum atomic E-state index is 0.513. The lowest BCUT2D eigenvalue weighted by Crippen LogP contribution is -1.94. The molecule has 2 rings (SSSR count). The van der Waals surface area contributed by atoms with Gasteiger partial charge in [-0.2, -0.15) is 0 Å². The van der Waals surface area contributed by atoms with Gasteiger partial charge in [-0.25, -0.2) is 0 Å². The van der Waals surface area contributed by atoms with Crippen LogP contribution in [0.25, 0.3) is 11.1 Å². The second-order valence-electron chi connectivity index (χ2n) is 3.67. The Balaban J connectivity index is 2.75. The SMILES string of the molecule is COc1cc(-c2c(Br)cncc2C=O)c(Br)cc1Br. The van der Waals surface area contributed by atoms with E-state index in [0.29, 0.717) is 11.3 Å². The van der Waals surface area contributed by atoms with Crippen molar-refractivity contribution < 1.29 is 9.53 Å². The Morgan fingerprint density at radius 1 is 1.11 bits per heavy atom. The fourth-order valence-electron chi connectivity index (χ4n) is 1.70. The Labute approximate surface area is 135 Å². The number of carbonyl (C=O) groups is 1. The first-order chi connectivity index (χ1) is 9.08. The molecule has 0 spiro atoms. The van der Waals surface area contributed by atoms with Crippen LogP contribution in [0.3, 0.4) is 0 Å². The van der Waals surface area contributed by atoms with E-state index in [0.717, 1.165) is 30.8 Å². The van der Waals surface area contributed by atoms with Crippen molar-refractivity contribution in [3.63, 3.8) is 0 Å². The van der Waals surface area contributed by atoms with Crippen LogP contribution in [0.4, 0.5) is 0 Å². The van der Waals surface area contributed by atoms with Crippen LogP contribution in [0.15, 0.2) is 37.9 Å². The Morgan fingerprint density at radius 2 is 1.84 bits per heavy atom. The van der Waals surface area contributed by atoms with E-state index in [1.807, 2.05) is 12.1 Å². The highest BCUT2D eigenvalue weighted by Gasteiger charge is 2.15. The van der Waals surface area contributed by atoms with Gasteiger partial charge in [-0.15, -0.1) is 0 Å². The number of rotatable bonds is 3. The first-order valence-corrected chi connectivity index (χ1v) is 7.58. The highest BCUT2D eigenvalue weighted by molar-refractivity contribution is 9.11. The Morgan fingerprint density at radius 3 is 2.47 bits per heavy atom. The van der Waals surface area contributed by atoms with Gasteiger partial charge in [0, 0.05) is 38.0 Å². The molecule has 2 aromatic rings. The van der Waals surface area contributed by atoms with Crippen molar-refractivity contribution in [3.05, 3.63) is 43.5 Å². The molecule has 1 aromatic heterocycles. The van der Waals surface area contributed by atoms with Gasteiger partial charge in [-0.1, -0.05) is 15.9 Å². The molecule has 0 aliphatic rings. The van der Waals surface area contributed by atoms with Gasteiger partial charge in [0.2, 0.25) is 0 Å². The van der Waals surface area contributed by atoms with Gasteiger partial charge in [0.15, 0.2) is 6.29 Å². The summed E-state index contributed by atoms with van der Waals surface area (Å²) in [4.78, 5) is 15.2. The van der Waals surface area contributed by atoms with E-state index >= 15 is 0 Å². The van der Waals surface area contributed by atoms with Crippen LogP contribution in [-0.4, -0.2) is 18.4 Å².